The summed E-state index contributed by atoms with van der Waals surface area (Å²) < 4.78 is 0. The molecule has 0 aromatic heterocycles. The van der Waals surface area contributed by atoms with Crippen molar-refractivity contribution in [3.63, 3.8) is 0 Å². The van der Waals surface area contributed by atoms with Crippen LogP contribution < -0.4 is 4.90 Å². The Kier molecular flexibility index (Phi) is 5.74. The van der Waals surface area contributed by atoms with E-state index in [0.29, 0.717) is 23.8 Å². The molecule has 4 rings (SSSR count). The molecular weight excluding hydrogens is 384 g/mol. The summed E-state index contributed by atoms with van der Waals surface area (Å²) >= 11 is 5.95. The first-order chi connectivity index (χ1) is 14.1. The maximum absolute atomic E-state index is 13.3. The Hall–Kier alpha value is -2.95. The Morgan fingerprint density at radius 2 is 1.31 bits per heavy atom. The van der Waals surface area contributed by atoms with Crippen molar-refractivity contribution in [3.05, 3.63) is 101 Å². The van der Waals surface area contributed by atoms with Gasteiger partial charge in [-0.3, -0.25) is 14.5 Å². The summed E-state index contributed by atoms with van der Waals surface area (Å²) in [7, 11) is 0. The van der Waals surface area contributed by atoms with E-state index < -0.39 is 6.04 Å². The van der Waals surface area contributed by atoms with Crippen molar-refractivity contribution in [1.29, 1.82) is 0 Å². The largest absolute Gasteiger partial charge is 0.283 e. The van der Waals surface area contributed by atoms with Crippen LogP contribution in [0, 0.1) is 0 Å². The summed E-state index contributed by atoms with van der Waals surface area (Å²) in [5.41, 5.74) is 2.77. The highest BCUT2D eigenvalue weighted by atomic mass is 35.5. The Balaban J connectivity index is 1.62. The van der Waals surface area contributed by atoms with Crippen LogP contribution in [0.3, 0.4) is 0 Å². The third kappa shape index (κ3) is 4.39. The molecule has 1 aliphatic rings. The van der Waals surface area contributed by atoms with Crippen molar-refractivity contribution >= 4 is 29.1 Å². The van der Waals surface area contributed by atoms with Gasteiger partial charge in [0.05, 0.1) is 18.2 Å². The minimum absolute atomic E-state index is 0.168. The predicted octanol–water partition coefficient (Wildman–Crippen LogP) is 4.67. The monoisotopic (exact) mass is 404 g/mol. The van der Waals surface area contributed by atoms with E-state index in [4.69, 9.17) is 11.6 Å². The van der Waals surface area contributed by atoms with Crippen molar-refractivity contribution in [3.8, 4) is 0 Å². The van der Waals surface area contributed by atoms with Crippen LogP contribution in [0.1, 0.15) is 17.5 Å². The first-order valence-corrected chi connectivity index (χ1v) is 9.94. The molecule has 1 atom stereocenters. The van der Waals surface area contributed by atoms with Gasteiger partial charge in [-0.25, -0.2) is 4.90 Å². The van der Waals surface area contributed by atoms with Crippen molar-refractivity contribution < 1.29 is 9.59 Å². The Labute approximate surface area is 175 Å². The van der Waals surface area contributed by atoms with Crippen LogP contribution in [0.5, 0.6) is 0 Å². The summed E-state index contributed by atoms with van der Waals surface area (Å²) in [6.45, 7) is 1.18. The van der Waals surface area contributed by atoms with Gasteiger partial charge in [0.25, 0.3) is 5.91 Å². The molecule has 0 saturated carbocycles. The van der Waals surface area contributed by atoms with Crippen LogP contribution in [0.25, 0.3) is 0 Å². The zero-order valence-corrected chi connectivity index (χ0v) is 16.6. The summed E-state index contributed by atoms with van der Waals surface area (Å²) in [5, 5.41) is 0.569. The first-order valence-electron chi connectivity index (χ1n) is 9.56. The first kappa shape index (κ1) is 19.4. The van der Waals surface area contributed by atoms with Gasteiger partial charge in [0.2, 0.25) is 5.91 Å². The molecule has 3 aromatic carbocycles. The van der Waals surface area contributed by atoms with Crippen molar-refractivity contribution in [1.82, 2.24) is 4.90 Å². The molecule has 1 aliphatic heterocycles. The molecule has 5 heteroatoms. The van der Waals surface area contributed by atoms with Crippen molar-refractivity contribution in [2.45, 2.75) is 25.6 Å². The van der Waals surface area contributed by atoms with Gasteiger partial charge in [0.1, 0.15) is 0 Å². The van der Waals surface area contributed by atoms with Gasteiger partial charge in [0, 0.05) is 18.1 Å². The smallest absolute Gasteiger partial charge is 0.251 e. The quantitative estimate of drug-likeness (QED) is 0.560. The highest BCUT2D eigenvalue weighted by molar-refractivity contribution is 6.30. The summed E-state index contributed by atoms with van der Waals surface area (Å²) in [6.07, 6.45) is 0.168. The molecule has 0 radical (unpaired) electrons. The highest BCUT2D eigenvalue weighted by Crippen LogP contribution is 2.28. The van der Waals surface area contributed by atoms with E-state index in [2.05, 4.69) is 4.90 Å². The number of nitrogens with zero attached hydrogens (tertiary/aromatic N) is 2. The van der Waals surface area contributed by atoms with Gasteiger partial charge < -0.3 is 0 Å². The molecule has 1 fully saturated rings. The van der Waals surface area contributed by atoms with Crippen LogP contribution >= 0.6 is 11.6 Å². The summed E-state index contributed by atoms with van der Waals surface area (Å²) in [4.78, 5) is 29.4. The van der Waals surface area contributed by atoms with Crippen LogP contribution in [0.4, 0.5) is 5.69 Å². The van der Waals surface area contributed by atoms with Gasteiger partial charge in [-0.05, 0) is 35.4 Å². The highest BCUT2D eigenvalue weighted by Gasteiger charge is 2.42. The molecule has 29 heavy (non-hydrogen) atoms. The van der Waals surface area contributed by atoms with E-state index in [9.17, 15) is 9.59 Å². The fourth-order valence-corrected chi connectivity index (χ4v) is 3.80. The van der Waals surface area contributed by atoms with Crippen LogP contribution in [0.15, 0.2) is 84.9 Å². The SMILES string of the molecule is O=C1CC(N(Cc2ccccc2)Cc2ccccc2)C(=O)N1c1ccc(Cl)cc1. The lowest BCUT2D eigenvalue weighted by molar-refractivity contribution is -0.123. The number of carbonyl (C=O) groups excluding carboxylic acids is 2. The van der Waals surface area contributed by atoms with Gasteiger partial charge in [0.15, 0.2) is 0 Å². The number of anilines is 1. The molecule has 0 N–H and O–H groups in total. The number of amides is 2. The molecule has 4 nitrogen and oxygen atoms in total. The second-order valence-corrected chi connectivity index (χ2v) is 7.58. The maximum atomic E-state index is 13.3. The second-order valence-electron chi connectivity index (χ2n) is 7.14. The van der Waals surface area contributed by atoms with E-state index in [1.54, 1.807) is 24.3 Å². The van der Waals surface area contributed by atoms with Gasteiger partial charge >= 0.3 is 0 Å². The third-order valence-electron chi connectivity index (χ3n) is 5.11. The van der Waals surface area contributed by atoms with Crippen molar-refractivity contribution in [2.24, 2.45) is 0 Å². The standard InChI is InChI=1S/C24H21ClN2O2/c25-20-11-13-21(14-12-20)27-23(28)15-22(24(27)29)26(16-18-7-3-1-4-8-18)17-19-9-5-2-6-10-19/h1-14,22H,15-17H2. The molecule has 146 valence electrons. The fraction of sp³-hybridized carbons (Fsp3) is 0.167. The van der Waals surface area contributed by atoms with Gasteiger partial charge in [-0.2, -0.15) is 0 Å². The van der Waals surface area contributed by atoms with Gasteiger partial charge in [-0.1, -0.05) is 72.3 Å². The lowest BCUT2D eigenvalue weighted by atomic mass is 10.1. The minimum Gasteiger partial charge on any atom is -0.283 e. The fourth-order valence-electron chi connectivity index (χ4n) is 3.67. The molecule has 3 aromatic rings. The van der Waals surface area contributed by atoms with E-state index in [-0.39, 0.29) is 18.2 Å². The third-order valence-corrected chi connectivity index (χ3v) is 5.36. The Morgan fingerprint density at radius 1 is 0.793 bits per heavy atom. The molecule has 2 amide bonds. The normalized spacial score (nSPS) is 16.6. The molecule has 0 spiro atoms. The van der Waals surface area contributed by atoms with E-state index in [0.717, 1.165) is 11.1 Å². The summed E-state index contributed by atoms with van der Waals surface area (Å²) in [5.74, 6) is -0.377. The zero-order valence-electron chi connectivity index (χ0n) is 15.9. The number of rotatable bonds is 6. The molecular formula is C24H21ClN2O2. The van der Waals surface area contributed by atoms with Gasteiger partial charge in [-0.15, -0.1) is 0 Å². The Morgan fingerprint density at radius 3 is 1.83 bits per heavy atom. The molecule has 1 unspecified atom stereocenters. The molecule has 1 saturated heterocycles. The maximum Gasteiger partial charge on any atom is 0.251 e. The average Bonchev–Trinajstić information content (AvgIpc) is 3.04. The topological polar surface area (TPSA) is 40.6 Å². The van der Waals surface area contributed by atoms with Crippen LogP contribution in [-0.2, 0) is 22.7 Å². The lowest BCUT2D eigenvalue weighted by Crippen LogP contribution is -2.41. The molecule has 1 heterocycles. The number of carbonyl (C=O) groups is 2. The lowest BCUT2D eigenvalue weighted by Gasteiger charge is -2.27. The minimum atomic E-state index is -0.501. The number of hydrogen-bond acceptors (Lipinski definition) is 3. The van der Waals surface area contributed by atoms with E-state index in [1.807, 2.05) is 60.7 Å². The van der Waals surface area contributed by atoms with Crippen LogP contribution in [0.2, 0.25) is 5.02 Å². The van der Waals surface area contributed by atoms with Crippen molar-refractivity contribution in [2.75, 3.05) is 4.90 Å². The Bertz CT molecular complexity index is 949. The molecule has 0 aliphatic carbocycles. The number of halogens is 1. The van der Waals surface area contributed by atoms with E-state index in [1.165, 1.54) is 4.90 Å². The van der Waals surface area contributed by atoms with Crippen LogP contribution in [-0.4, -0.2) is 22.8 Å². The molecule has 0 bridgehead atoms. The second kappa shape index (κ2) is 8.60. The average molecular weight is 405 g/mol. The zero-order chi connectivity index (χ0) is 20.2. The van der Waals surface area contributed by atoms with E-state index >= 15 is 0 Å². The number of benzene rings is 3. The number of hydrogen-bond donors (Lipinski definition) is 0. The number of imide groups is 1. The summed E-state index contributed by atoms with van der Waals surface area (Å²) in [6, 6.07) is 26.3. The predicted molar refractivity (Wildman–Crippen MR) is 114 cm³/mol.